The molecule has 0 aromatic heterocycles. The molecule has 4 nitrogen and oxygen atoms in total. The lowest BCUT2D eigenvalue weighted by Crippen LogP contribution is -2.42. The number of aliphatic carboxylic acids is 1. The van der Waals surface area contributed by atoms with Gasteiger partial charge in [-0.25, -0.2) is 4.79 Å². The third kappa shape index (κ3) is 6.13. The van der Waals surface area contributed by atoms with E-state index < -0.39 is 12.0 Å². The predicted octanol–water partition coefficient (Wildman–Crippen LogP) is 1.01. The van der Waals surface area contributed by atoms with Gasteiger partial charge < -0.3 is 10.4 Å². The summed E-state index contributed by atoms with van der Waals surface area (Å²) in [5.41, 5.74) is -0.106. The standard InChI is InChI=1S/C9H17NO3/c1-6(11)10-7(8(12)13)5-9(2,3)4/h7H,5H2,1-4H3,(H,10,11)(H,12,13). The van der Waals surface area contributed by atoms with Crippen molar-refractivity contribution in [1.29, 1.82) is 0 Å². The minimum Gasteiger partial charge on any atom is -0.480 e. The molecule has 1 amide bonds. The number of nitrogens with one attached hydrogen (secondary N) is 1. The quantitative estimate of drug-likeness (QED) is 0.693. The van der Waals surface area contributed by atoms with E-state index in [2.05, 4.69) is 5.32 Å². The zero-order valence-electron chi connectivity index (χ0n) is 8.55. The summed E-state index contributed by atoms with van der Waals surface area (Å²) >= 11 is 0. The molecule has 1 atom stereocenters. The van der Waals surface area contributed by atoms with Gasteiger partial charge in [-0.3, -0.25) is 4.79 Å². The summed E-state index contributed by atoms with van der Waals surface area (Å²) < 4.78 is 0. The molecule has 0 aliphatic rings. The Kier molecular flexibility index (Phi) is 3.91. The molecule has 0 bridgehead atoms. The molecule has 0 saturated heterocycles. The SMILES string of the molecule is CC(=O)NC(CC(C)(C)C)C(=O)O. The van der Waals surface area contributed by atoms with Crippen LogP contribution >= 0.6 is 0 Å². The average Bonchev–Trinajstić information content (AvgIpc) is 1.81. The van der Waals surface area contributed by atoms with Gasteiger partial charge in [0, 0.05) is 6.92 Å². The number of carboxylic acid groups (broad SMARTS) is 1. The number of carbonyl (C=O) groups excluding carboxylic acids is 1. The van der Waals surface area contributed by atoms with E-state index in [1.807, 2.05) is 20.8 Å². The van der Waals surface area contributed by atoms with Crippen LogP contribution in [0.15, 0.2) is 0 Å². The minimum absolute atomic E-state index is 0.106. The molecule has 2 N–H and O–H groups in total. The molecule has 0 spiro atoms. The fourth-order valence-electron chi connectivity index (χ4n) is 1.06. The maximum Gasteiger partial charge on any atom is 0.326 e. The first-order valence-electron chi connectivity index (χ1n) is 4.22. The summed E-state index contributed by atoms with van der Waals surface area (Å²) in [6.45, 7) is 7.12. The molecule has 0 aromatic rings. The van der Waals surface area contributed by atoms with Crippen molar-refractivity contribution in [2.24, 2.45) is 5.41 Å². The second-order valence-electron chi connectivity index (χ2n) is 4.36. The first-order valence-corrected chi connectivity index (χ1v) is 4.22. The van der Waals surface area contributed by atoms with Gasteiger partial charge in [-0.2, -0.15) is 0 Å². The summed E-state index contributed by atoms with van der Waals surface area (Å²) in [6, 6.07) is -0.780. The zero-order chi connectivity index (χ0) is 10.6. The highest BCUT2D eigenvalue weighted by Gasteiger charge is 2.24. The molecule has 76 valence electrons. The maximum atomic E-state index is 10.7. The van der Waals surface area contributed by atoms with Crippen molar-refractivity contribution in [3.63, 3.8) is 0 Å². The summed E-state index contributed by atoms with van der Waals surface area (Å²) in [5, 5.41) is 11.2. The Balaban J connectivity index is 4.27. The summed E-state index contributed by atoms with van der Waals surface area (Å²) in [7, 11) is 0. The molecular weight excluding hydrogens is 170 g/mol. The number of carboxylic acids is 1. The van der Waals surface area contributed by atoms with Crippen molar-refractivity contribution >= 4 is 11.9 Å². The van der Waals surface area contributed by atoms with Gasteiger partial charge >= 0.3 is 5.97 Å². The number of rotatable bonds is 3. The topological polar surface area (TPSA) is 66.4 Å². The van der Waals surface area contributed by atoms with Crippen molar-refractivity contribution in [1.82, 2.24) is 5.32 Å². The Morgan fingerprint density at radius 3 is 2.08 bits per heavy atom. The van der Waals surface area contributed by atoms with E-state index in [9.17, 15) is 9.59 Å². The molecule has 0 heterocycles. The van der Waals surface area contributed by atoms with Crippen molar-refractivity contribution < 1.29 is 14.7 Å². The zero-order valence-corrected chi connectivity index (χ0v) is 8.55. The van der Waals surface area contributed by atoms with Crippen LogP contribution < -0.4 is 5.32 Å². The average molecular weight is 187 g/mol. The molecule has 0 aliphatic heterocycles. The smallest absolute Gasteiger partial charge is 0.326 e. The molecule has 0 fully saturated rings. The van der Waals surface area contributed by atoms with Crippen LogP contribution in [0.1, 0.15) is 34.1 Å². The second-order valence-corrected chi connectivity index (χ2v) is 4.36. The maximum absolute atomic E-state index is 10.7. The van der Waals surface area contributed by atoms with E-state index in [1.54, 1.807) is 0 Å². The molecule has 0 rings (SSSR count). The second kappa shape index (κ2) is 4.25. The molecule has 13 heavy (non-hydrogen) atoms. The van der Waals surface area contributed by atoms with Gasteiger partial charge in [-0.1, -0.05) is 20.8 Å². The highest BCUT2D eigenvalue weighted by atomic mass is 16.4. The Morgan fingerprint density at radius 2 is 1.85 bits per heavy atom. The first kappa shape index (κ1) is 11.9. The Morgan fingerprint density at radius 1 is 1.38 bits per heavy atom. The first-order chi connectivity index (χ1) is 5.72. The number of amides is 1. The lowest BCUT2D eigenvalue weighted by molar-refractivity contribution is -0.142. The lowest BCUT2D eigenvalue weighted by atomic mass is 9.88. The monoisotopic (exact) mass is 187 g/mol. The van der Waals surface area contributed by atoms with Crippen LogP contribution in [0.25, 0.3) is 0 Å². The van der Waals surface area contributed by atoms with Crippen molar-refractivity contribution in [3.8, 4) is 0 Å². The number of hydrogen-bond acceptors (Lipinski definition) is 2. The van der Waals surface area contributed by atoms with Gasteiger partial charge in [0.25, 0.3) is 0 Å². The van der Waals surface area contributed by atoms with Crippen LogP contribution in [-0.2, 0) is 9.59 Å². The van der Waals surface area contributed by atoms with Gasteiger partial charge in [0.15, 0.2) is 0 Å². The molecule has 0 aliphatic carbocycles. The highest BCUT2D eigenvalue weighted by molar-refractivity contribution is 5.82. The van der Waals surface area contributed by atoms with Crippen LogP contribution in [0, 0.1) is 5.41 Å². The van der Waals surface area contributed by atoms with Crippen LogP contribution in [-0.4, -0.2) is 23.0 Å². The normalized spacial score (nSPS) is 13.5. The molecule has 1 unspecified atom stereocenters. The Bertz CT molecular complexity index is 205. The lowest BCUT2D eigenvalue weighted by Gasteiger charge is -2.23. The molecular formula is C9H17NO3. The predicted molar refractivity (Wildman–Crippen MR) is 49.3 cm³/mol. The van der Waals surface area contributed by atoms with Crippen LogP contribution in [0.5, 0.6) is 0 Å². The van der Waals surface area contributed by atoms with E-state index in [0.717, 1.165) is 0 Å². The molecule has 0 aromatic carbocycles. The molecule has 0 radical (unpaired) electrons. The summed E-state index contributed by atoms with van der Waals surface area (Å²) in [4.78, 5) is 21.4. The van der Waals surface area contributed by atoms with E-state index >= 15 is 0 Å². The van der Waals surface area contributed by atoms with Crippen molar-refractivity contribution in [2.75, 3.05) is 0 Å². The highest BCUT2D eigenvalue weighted by Crippen LogP contribution is 2.20. The summed E-state index contributed by atoms with van der Waals surface area (Å²) in [6.07, 6.45) is 0.432. The van der Waals surface area contributed by atoms with Crippen LogP contribution in [0.2, 0.25) is 0 Å². The van der Waals surface area contributed by atoms with Gasteiger partial charge in [0.1, 0.15) is 6.04 Å². The van der Waals surface area contributed by atoms with Gasteiger partial charge in [0.2, 0.25) is 5.91 Å². The Hall–Kier alpha value is -1.06. The largest absolute Gasteiger partial charge is 0.480 e. The third-order valence-corrected chi connectivity index (χ3v) is 1.49. The molecule has 0 saturated carbocycles. The van der Waals surface area contributed by atoms with E-state index in [0.29, 0.717) is 6.42 Å². The van der Waals surface area contributed by atoms with Gasteiger partial charge in [0.05, 0.1) is 0 Å². The third-order valence-electron chi connectivity index (χ3n) is 1.49. The van der Waals surface area contributed by atoms with Gasteiger partial charge in [-0.15, -0.1) is 0 Å². The number of carbonyl (C=O) groups is 2. The van der Waals surface area contributed by atoms with Crippen LogP contribution in [0.4, 0.5) is 0 Å². The summed E-state index contributed by atoms with van der Waals surface area (Å²) in [5.74, 6) is -1.29. The minimum atomic E-state index is -0.981. The van der Waals surface area contributed by atoms with E-state index in [-0.39, 0.29) is 11.3 Å². The molecule has 4 heteroatoms. The van der Waals surface area contributed by atoms with E-state index in [1.165, 1.54) is 6.92 Å². The number of hydrogen-bond donors (Lipinski definition) is 2. The van der Waals surface area contributed by atoms with Crippen molar-refractivity contribution in [2.45, 2.75) is 40.2 Å². The Labute approximate surface area is 78.3 Å². The van der Waals surface area contributed by atoms with Crippen molar-refractivity contribution in [3.05, 3.63) is 0 Å². The fraction of sp³-hybridized carbons (Fsp3) is 0.778. The van der Waals surface area contributed by atoms with Crippen LogP contribution in [0.3, 0.4) is 0 Å². The van der Waals surface area contributed by atoms with Gasteiger partial charge in [-0.05, 0) is 11.8 Å². The van der Waals surface area contributed by atoms with E-state index in [4.69, 9.17) is 5.11 Å². The fourth-order valence-corrected chi connectivity index (χ4v) is 1.06.